The number of hydrogen-bond acceptors (Lipinski definition) is 4. The fourth-order valence-electron chi connectivity index (χ4n) is 3.05. The zero-order chi connectivity index (χ0) is 13.4. The van der Waals surface area contributed by atoms with E-state index in [1.165, 1.54) is 4.88 Å². The SMILES string of the molecule is CCC1NC(c2cccs2)N(C2CCOC2C)C1=O. The summed E-state index contributed by atoms with van der Waals surface area (Å²) in [5.74, 6) is 0.225. The van der Waals surface area contributed by atoms with Crippen LogP contribution < -0.4 is 5.32 Å². The normalized spacial score (nSPS) is 35.3. The average molecular weight is 280 g/mol. The first kappa shape index (κ1) is 13.1. The van der Waals surface area contributed by atoms with E-state index in [0.717, 1.165) is 19.4 Å². The molecular formula is C14H20N2O2S. The maximum absolute atomic E-state index is 12.6. The third kappa shape index (κ3) is 2.20. The Kier molecular flexibility index (Phi) is 3.60. The Balaban J connectivity index is 1.90. The molecule has 19 heavy (non-hydrogen) atoms. The third-order valence-corrected chi connectivity index (χ3v) is 5.03. The highest BCUT2D eigenvalue weighted by atomic mass is 32.1. The fraction of sp³-hybridized carbons (Fsp3) is 0.643. The largest absolute Gasteiger partial charge is 0.376 e. The predicted molar refractivity (Wildman–Crippen MR) is 74.9 cm³/mol. The van der Waals surface area contributed by atoms with Gasteiger partial charge in [-0.15, -0.1) is 11.3 Å². The average Bonchev–Trinajstić information content (AvgIpc) is 3.09. The molecule has 5 heteroatoms. The minimum Gasteiger partial charge on any atom is -0.376 e. The van der Waals surface area contributed by atoms with E-state index in [4.69, 9.17) is 4.74 Å². The molecule has 1 N–H and O–H groups in total. The standard InChI is InChI=1S/C14H20N2O2S/c1-3-10-14(17)16(11-6-7-18-9(11)2)13(15-10)12-5-4-8-19-12/h4-5,8-11,13,15H,3,6-7H2,1-2H3. The van der Waals surface area contributed by atoms with E-state index in [-0.39, 0.29) is 30.3 Å². The van der Waals surface area contributed by atoms with Crippen LogP contribution in [0.3, 0.4) is 0 Å². The van der Waals surface area contributed by atoms with Crippen molar-refractivity contribution < 1.29 is 9.53 Å². The lowest BCUT2D eigenvalue weighted by molar-refractivity contribution is -0.133. The summed E-state index contributed by atoms with van der Waals surface area (Å²) < 4.78 is 5.64. The highest BCUT2D eigenvalue weighted by Gasteiger charge is 2.45. The molecule has 0 bridgehead atoms. The van der Waals surface area contributed by atoms with Crippen LogP contribution in [0, 0.1) is 0 Å². The molecule has 2 saturated heterocycles. The van der Waals surface area contributed by atoms with Crippen molar-refractivity contribution in [2.45, 2.75) is 51.0 Å². The van der Waals surface area contributed by atoms with E-state index in [1.54, 1.807) is 11.3 Å². The van der Waals surface area contributed by atoms with Crippen molar-refractivity contribution in [1.82, 2.24) is 10.2 Å². The molecule has 4 nitrogen and oxygen atoms in total. The number of nitrogens with one attached hydrogen (secondary N) is 1. The van der Waals surface area contributed by atoms with E-state index in [1.807, 2.05) is 11.0 Å². The van der Waals surface area contributed by atoms with Gasteiger partial charge in [0.2, 0.25) is 5.91 Å². The Morgan fingerprint density at radius 1 is 1.58 bits per heavy atom. The van der Waals surface area contributed by atoms with Crippen molar-refractivity contribution in [2.75, 3.05) is 6.61 Å². The minimum atomic E-state index is -0.0556. The summed E-state index contributed by atoms with van der Waals surface area (Å²) >= 11 is 1.70. The van der Waals surface area contributed by atoms with E-state index in [0.29, 0.717) is 0 Å². The van der Waals surface area contributed by atoms with Crippen LogP contribution in [0.5, 0.6) is 0 Å². The summed E-state index contributed by atoms with van der Waals surface area (Å²) in [6.07, 6.45) is 1.92. The first-order valence-electron chi connectivity index (χ1n) is 6.95. The van der Waals surface area contributed by atoms with Crippen LogP contribution in [0.1, 0.15) is 37.7 Å². The third-order valence-electron chi connectivity index (χ3n) is 4.10. The van der Waals surface area contributed by atoms with E-state index >= 15 is 0 Å². The number of hydrogen-bond donors (Lipinski definition) is 1. The van der Waals surface area contributed by atoms with Crippen molar-refractivity contribution in [3.05, 3.63) is 22.4 Å². The smallest absolute Gasteiger partial charge is 0.241 e. The summed E-state index contributed by atoms with van der Waals surface area (Å²) in [5, 5.41) is 5.53. The molecule has 1 aromatic rings. The topological polar surface area (TPSA) is 41.6 Å². The predicted octanol–water partition coefficient (Wildman–Crippen LogP) is 2.13. The summed E-state index contributed by atoms with van der Waals surface area (Å²) in [6, 6.07) is 4.28. The van der Waals surface area contributed by atoms with Gasteiger partial charge in [-0.3, -0.25) is 10.1 Å². The number of thiophene rings is 1. The van der Waals surface area contributed by atoms with E-state index in [2.05, 4.69) is 30.6 Å². The molecule has 104 valence electrons. The van der Waals surface area contributed by atoms with Crippen molar-refractivity contribution in [1.29, 1.82) is 0 Å². The molecule has 0 aliphatic carbocycles. The van der Waals surface area contributed by atoms with Gasteiger partial charge >= 0.3 is 0 Å². The van der Waals surface area contributed by atoms with Gasteiger partial charge in [-0.05, 0) is 31.2 Å². The second-order valence-corrected chi connectivity index (χ2v) is 6.20. The second-order valence-electron chi connectivity index (χ2n) is 5.22. The van der Waals surface area contributed by atoms with Gasteiger partial charge in [-0.1, -0.05) is 13.0 Å². The van der Waals surface area contributed by atoms with Crippen LogP contribution in [-0.4, -0.2) is 35.6 Å². The molecule has 0 saturated carbocycles. The quantitative estimate of drug-likeness (QED) is 0.922. The van der Waals surface area contributed by atoms with Gasteiger partial charge in [0.15, 0.2) is 0 Å². The lowest BCUT2D eigenvalue weighted by atomic mass is 10.1. The highest BCUT2D eigenvalue weighted by molar-refractivity contribution is 7.10. The molecular weight excluding hydrogens is 260 g/mol. The Morgan fingerprint density at radius 3 is 3.00 bits per heavy atom. The molecule has 4 unspecified atom stereocenters. The molecule has 0 aromatic carbocycles. The van der Waals surface area contributed by atoms with Crippen molar-refractivity contribution in [3.8, 4) is 0 Å². The molecule has 2 aliphatic heterocycles. The van der Waals surface area contributed by atoms with Gasteiger partial charge in [-0.25, -0.2) is 0 Å². The van der Waals surface area contributed by atoms with E-state index < -0.39 is 0 Å². The van der Waals surface area contributed by atoms with Crippen molar-refractivity contribution >= 4 is 17.2 Å². The lowest BCUT2D eigenvalue weighted by Crippen LogP contribution is -2.43. The first-order valence-corrected chi connectivity index (χ1v) is 7.83. The Hall–Kier alpha value is -0.910. The number of ether oxygens (including phenoxy) is 1. The summed E-state index contributed by atoms with van der Waals surface area (Å²) in [6.45, 7) is 4.87. The number of carbonyl (C=O) groups excluding carboxylic acids is 1. The molecule has 3 rings (SSSR count). The van der Waals surface area contributed by atoms with Crippen LogP contribution in [0.25, 0.3) is 0 Å². The van der Waals surface area contributed by atoms with Gasteiger partial charge in [-0.2, -0.15) is 0 Å². The Labute approximate surface area is 117 Å². The second kappa shape index (κ2) is 5.23. The van der Waals surface area contributed by atoms with Crippen LogP contribution >= 0.6 is 11.3 Å². The van der Waals surface area contributed by atoms with E-state index in [9.17, 15) is 4.79 Å². The maximum atomic E-state index is 12.6. The van der Waals surface area contributed by atoms with Gasteiger partial charge in [0, 0.05) is 11.5 Å². The van der Waals surface area contributed by atoms with Crippen LogP contribution in [0.15, 0.2) is 17.5 Å². The zero-order valence-electron chi connectivity index (χ0n) is 11.3. The summed E-state index contributed by atoms with van der Waals surface area (Å²) in [7, 11) is 0. The van der Waals surface area contributed by atoms with Gasteiger partial charge in [0.1, 0.15) is 6.17 Å². The molecule has 0 spiro atoms. The molecule has 2 aliphatic rings. The zero-order valence-corrected chi connectivity index (χ0v) is 12.2. The van der Waals surface area contributed by atoms with Gasteiger partial charge in [0.05, 0.1) is 18.2 Å². The number of carbonyl (C=O) groups is 1. The Morgan fingerprint density at radius 2 is 2.42 bits per heavy atom. The van der Waals surface area contributed by atoms with Crippen molar-refractivity contribution in [3.63, 3.8) is 0 Å². The summed E-state index contributed by atoms with van der Waals surface area (Å²) in [5.41, 5.74) is 0. The lowest BCUT2D eigenvalue weighted by Gasteiger charge is -2.31. The molecule has 2 fully saturated rings. The van der Waals surface area contributed by atoms with Crippen molar-refractivity contribution in [2.24, 2.45) is 0 Å². The maximum Gasteiger partial charge on any atom is 0.241 e. The highest BCUT2D eigenvalue weighted by Crippen LogP contribution is 2.35. The fourth-order valence-corrected chi connectivity index (χ4v) is 3.83. The molecule has 4 atom stereocenters. The van der Waals surface area contributed by atoms with Crippen LogP contribution in [-0.2, 0) is 9.53 Å². The van der Waals surface area contributed by atoms with Gasteiger partial charge < -0.3 is 9.64 Å². The molecule has 0 radical (unpaired) electrons. The van der Waals surface area contributed by atoms with Crippen LogP contribution in [0.4, 0.5) is 0 Å². The number of nitrogens with zero attached hydrogens (tertiary/aromatic N) is 1. The number of rotatable bonds is 3. The Bertz CT molecular complexity index is 448. The van der Waals surface area contributed by atoms with Gasteiger partial charge in [0.25, 0.3) is 0 Å². The molecule has 1 amide bonds. The molecule has 3 heterocycles. The number of amides is 1. The monoisotopic (exact) mass is 280 g/mol. The summed E-state index contributed by atoms with van der Waals surface area (Å²) in [4.78, 5) is 15.8. The van der Waals surface area contributed by atoms with Crippen LogP contribution in [0.2, 0.25) is 0 Å². The molecule has 1 aromatic heterocycles. The minimum absolute atomic E-state index is 0.0200. The first-order chi connectivity index (χ1) is 9.22.